The van der Waals surface area contributed by atoms with Gasteiger partial charge in [0.25, 0.3) is 0 Å². The number of benzene rings is 2. The average Bonchev–Trinajstić information content (AvgIpc) is 2.39. The minimum absolute atomic E-state index is 0.854. The van der Waals surface area contributed by atoms with E-state index in [9.17, 15) is 0 Å². The van der Waals surface area contributed by atoms with Crippen LogP contribution in [0.3, 0.4) is 0 Å². The minimum Gasteiger partial charge on any atom is -0.496 e. The van der Waals surface area contributed by atoms with E-state index in [0.29, 0.717) is 0 Å². The van der Waals surface area contributed by atoms with Gasteiger partial charge in [0.15, 0.2) is 0 Å². The van der Waals surface area contributed by atoms with Crippen molar-refractivity contribution in [2.45, 2.75) is 0 Å². The maximum atomic E-state index is 5.41. The second-order valence-corrected chi connectivity index (χ2v) is 3.86. The molecule has 2 heteroatoms. The molecule has 2 aromatic rings. The Balaban J connectivity index is 2.55. The number of nitrogens with one attached hydrogen (secondary N) is 1. The van der Waals surface area contributed by atoms with E-state index in [0.717, 1.165) is 17.9 Å². The van der Waals surface area contributed by atoms with E-state index >= 15 is 0 Å². The molecule has 2 rings (SSSR count). The van der Waals surface area contributed by atoms with Crippen LogP contribution in [0.5, 0.6) is 5.75 Å². The first-order chi connectivity index (χ1) is 8.36. The summed E-state index contributed by atoms with van der Waals surface area (Å²) >= 11 is 0. The van der Waals surface area contributed by atoms with Crippen LogP contribution in [-0.4, -0.2) is 20.7 Å². The van der Waals surface area contributed by atoms with Crippen LogP contribution in [0.4, 0.5) is 0 Å². The summed E-state index contributed by atoms with van der Waals surface area (Å²) in [4.78, 5) is 0. The van der Waals surface area contributed by atoms with Crippen LogP contribution in [0.1, 0.15) is 5.56 Å². The third-order valence-corrected chi connectivity index (χ3v) is 2.76. The van der Waals surface area contributed by atoms with Crippen LogP contribution in [0.2, 0.25) is 0 Å². The topological polar surface area (TPSA) is 21.3 Å². The zero-order valence-corrected chi connectivity index (χ0v) is 10.2. The van der Waals surface area contributed by atoms with E-state index in [1.165, 1.54) is 10.8 Å². The molecule has 0 aromatic heterocycles. The van der Waals surface area contributed by atoms with Crippen molar-refractivity contribution in [2.24, 2.45) is 0 Å². The van der Waals surface area contributed by atoms with Crippen molar-refractivity contribution in [1.29, 1.82) is 0 Å². The van der Waals surface area contributed by atoms with Gasteiger partial charge in [0.1, 0.15) is 5.75 Å². The van der Waals surface area contributed by atoms with Gasteiger partial charge in [-0.1, -0.05) is 42.5 Å². The van der Waals surface area contributed by atoms with Gasteiger partial charge in [-0.2, -0.15) is 0 Å². The molecular weight excluding hydrogens is 210 g/mol. The SMILES string of the molecule is CNCC=Cc1c(OC)ccc2ccccc12. The lowest BCUT2D eigenvalue weighted by atomic mass is 10.0. The number of methoxy groups -OCH3 is 1. The fraction of sp³-hybridized carbons (Fsp3) is 0.200. The van der Waals surface area contributed by atoms with Gasteiger partial charge in [-0.3, -0.25) is 0 Å². The lowest BCUT2D eigenvalue weighted by Gasteiger charge is -2.08. The predicted octanol–water partition coefficient (Wildman–Crippen LogP) is 3.08. The van der Waals surface area contributed by atoms with Gasteiger partial charge in [-0.15, -0.1) is 0 Å². The van der Waals surface area contributed by atoms with Crippen molar-refractivity contribution in [3.8, 4) is 5.75 Å². The molecule has 0 unspecified atom stereocenters. The summed E-state index contributed by atoms with van der Waals surface area (Å²) in [7, 11) is 3.64. The van der Waals surface area contributed by atoms with Crippen molar-refractivity contribution in [3.05, 3.63) is 48.0 Å². The maximum Gasteiger partial charge on any atom is 0.126 e. The monoisotopic (exact) mass is 227 g/mol. The van der Waals surface area contributed by atoms with Gasteiger partial charge in [-0.05, 0) is 23.9 Å². The summed E-state index contributed by atoms with van der Waals surface area (Å²) in [5.74, 6) is 0.913. The molecule has 1 N–H and O–H groups in total. The van der Waals surface area contributed by atoms with Crippen molar-refractivity contribution < 1.29 is 4.74 Å². The quantitative estimate of drug-likeness (QED) is 0.866. The van der Waals surface area contributed by atoms with E-state index in [1.54, 1.807) is 7.11 Å². The van der Waals surface area contributed by atoms with Crippen LogP contribution in [0.15, 0.2) is 42.5 Å². The number of hydrogen-bond donors (Lipinski definition) is 1. The molecule has 0 aliphatic rings. The summed E-state index contributed by atoms with van der Waals surface area (Å²) in [5, 5.41) is 5.55. The highest BCUT2D eigenvalue weighted by Crippen LogP contribution is 2.28. The first kappa shape index (κ1) is 11.7. The third-order valence-electron chi connectivity index (χ3n) is 2.76. The van der Waals surface area contributed by atoms with E-state index in [-0.39, 0.29) is 0 Å². The number of likely N-dealkylation sites (N-methyl/N-ethyl adjacent to an activating group) is 1. The zero-order chi connectivity index (χ0) is 12.1. The van der Waals surface area contributed by atoms with Crippen LogP contribution in [-0.2, 0) is 0 Å². The Labute approximate surface area is 102 Å². The molecule has 0 radical (unpaired) electrons. The van der Waals surface area contributed by atoms with Gasteiger partial charge in [-0.25, -0.2) is 0 Å². The van der Waals surface area contributed by atoms with Gasteiger partial charge >= 0.3 is 0 Å². The Morgan fingerprint density at radius 3 is 2.76 bits per heavy atom. The van der Waals surface area contributed by atoms with Gasteiger partial charge < -0.3 is 10.1 Å². The molecule has 0 spiro atoms. The molecule has 0 atom stereocenters. The molecule has 0 fully saturated rings. The average molecular weight is 227 g/mol. The summed E-state index contributed by atoms with van der Waals surface area (Å²) in [6.07, 6.45) is 4.21. The Morgan fingerprint density at radius 2 is 2.00 bits per heavy atom. The van der Waals surface area contributed by atoms with E-state index < -0.39 is 0 Å². The summed E-state index contributed by atoms with van der Waals surface area (Å²) in [6.45, 7) is 0.854. The Hall–Kier alpha value is -1.80. The Kier molecular flexibility index (Phi) is 3.78. The highest BCUT2D eigenvalue weighted by molar-refractivity contribution is 5.93. The smallest absolute Gasteiger partial charge is 0.126 e. The molecule has 0 saturated carbocycles. The first-order valence-electron chi connectivity index (χ1n) is 5.73. The van der Waals surface area contributed by atoms with Gasteiger partial charge in [0.05, 0.1) is 7.11 Å². The van der Waals surface area contributed by atoms with Crippen LogP contribution in [0.25, 0.3) is 16.8 Å². The summed E-state index contributed by atoms with van der Waals surface area (Å²) in [5.41, 5.74) is 1.14. The molecule has 0 bridgehead atoms. The van der Waals surface area contributed by atoms with Crippen molar-refractivity contribution in [1.82, 2.24) is 5.32 Å². The second kappa shape index (κ2) is 5.51. The highest BCUT2D eigenvalue weighted by Gasteiger charge is 2.04. The molecular formula is C15H17NO. The van der Waals surface area contributed by atoms with Crippen molar-refractivity contribution >= 4 is 16.8 Å². The largest absolute Gasteiger partial charge is 0.496 e. The molecule has 2 aromatic carbocycles. The first-order valence-corrected chi connectivity index (χ1v) is 5.73. The van der Waals surface area contributed by atoms with Crippen molar-refractivity contribution in [2.75, 3.05) is 20.7 Å². The fourth-order valence-corrected chi connectivity index (χ4v) is 1.92. The molecule has 0 heterocycles. The normalized spacial score (nSPS) is 11.2. The molecule has 0 aliphatic heterocycles. The standard InChI is InChI=1S/C15H17NO/c1-16-11-5-8-14-13-7-4-3-6-12(13)9-10-15(14)17-2/h3-10,16H,11H2,1-2H3. The Bertz CT molecular complexity index is 531. The van der Waals surface area contributed by atoms with E-state index in [2.05, 4.69) is 47.8 Å². The van der Waals surface area contributed by atoms with Crippen molar-refractivity contribution in [3.63, 3.8) is 0 Å². The molecule has 0 aliphatic carbocycles. The van der Waals surface area contributed by atoms with Gasteiger partial charge in [0.2, 0.25) is 0 Å². The number of rotatable bonds is 4. The molecule has 17 heavy (non-hydrogen) atoms. The summed E-state index contributed by atoms with van der Waals surface area (Å²) < 4.78 is 5.41. The minimum atomic E-state index is 0.854. The zero-order valence-electron chi connectivity index (χ0n) is 10.2. The van der Waals surface area contributed by atoms with Crippen LogP contribution < -0.4 is 10.1 Å². The number of fused-ring (bicyclic) bond motifs is 1. The van der Waals surface area contributed by atoms with Gasteiger partial charge in [0, 0.05) is 12.1 Å². The molecule has 0 saturated heterocycles. The number of hydrogen-bond acceptors (Lipinski definition) is 2. The maximum absolute atomic E-state index is 5.41. The second-order valence-electron chi connectivity index (χ2n) is 3.86. The predicted molar refractivity (Wildman–Crippen MR) is 73.5 cm³/mol. The molecule has 88 valence electrons. The summed E-state index contributed by atoms with van der Waals surface area (Å²) in [6, 6.07) is 12.4. The van der Waals surface area contributed by atoms with Crippen LogP contribution in [0, 0.1) is 0 Å². The third kappa shape index (κ3) is 2.48. The number of ether oxygens (including phenoxy) is 1. The Morgan fingerprint density at radius 1 is 1.18 bits per heavy atom. The lowest BCUT2D eigenvalue weighted by molar-refractivity contribution is 0.414. The van der Waals surface area contributed by atoms with E-state index in [4.69, 9.17) is 4.74 Å². The molecule has 2 nitrogen and oxygen atoms in total. The molecule has 0 amide bonds. The van der Waals surface area contributed by atoms with E-state index in [1.807, 2.05) is 13.1 Å². The van der Waals surface area contributed by atoms with Crippen LogP contribution >= 0.6 is 0 Å². The highest BCUT2D eigenvalue weighted by atomic mass is 16.5. The fourth-order valence-electron chi connectivity index (χ4n) is 1.92. The lowest BCUT2D eigenvalue weighted by Crippen LogP contribution is -2.03.